The molecular formula is C14H17NO5. The number of likely N-dealkylation sites (tertiary alicyclic amines) is 1. The largest absolute Gasteiger partial charge is 0.464 e. The molecule has 6 heteroatoms. The maximum atomic E-state index is 12.4. The van der Waals surface area contributed by atoms with E-state index >= 15 is 0 Å². The van der Waals surface area contributed by atoms with Crippen molar-refractivity contribution < 1.29 is 18.7 Å². The van der Waals surface area contributed by atoms with E-state index in [1.807, 2.05) is 0 Å². The first-order chi connectivity index (χ1) is 9.63. The minimum absolute atomic E-state index is 0.265. The van der Waals surface area contributed by atoms with Crippen molar-refractivity contribution in [1.29, 1.82) is 0 Å². The summed E-state index contributed by atoms with van der Waals surface area (Å²) in [6.07, 6.45) is 3.46. The van der Waals surface area contributed by atoms with Gasteiger partial charge in [-0.2, -0.15) is 0 Å². The molecule has 0 saturated carbocycles. The van der Waals surface area contributed by atoms with Gasteiger partial charge in [0.15, 0.2) is 0 Å². The summed E-state index contributed by atoms with van der Waals surface area (Å²) in [4.78, 5) is 36.7. The van der Waals surface area contributed by atoms with Crippen LogP contribution < -0.4 is 5.63 Å². The Hall–Kier alpha value is -2.11. The molecule has 1 atom stereocenters. The summed E-state index contributed by atoms with van der Waals surface area (Å²) in [6, 6.07) is 2.05. The lowest BCUT2D eigenvalue weighted by Crippen LogP contribution is -2.48. The van der Waals surface area contributed by atoms with Crippen LogP contribution in [0.5, 0.6) is 0 Å². The van der Waals surface area contributed by atoms with Gasteiger partial charge in [-0.15, -0.1) is 0 Å². The van der Waals surface area contributed by atoms with Crippen LogP contribution >= 0.6 is 0 Å². The second-order valence-electron chi connectivity index (χ2n) is 4.61. The maximum absolute atomic E-state index is 12.4. The molecular weight excluding hydrogens is 262 g/mol. The third-order valence-electron chi connectivity index (χ3n) is 3.27. The van der Waals surface area contributed by atoms with Gasteiger partial charge >= 0.3 is 11.6 Å². The van der Waals surface area contributed by atoms with Crippen molar-refractivity contribution in [3.63, 3.8) is 0 Å². The zero-order valence-electron chi connectivity index (χ0n) is 11.3. The molecule has 1 aliphatic rings. The summed E-state index contributed by atoms with van der Waals surface area (Å²) in [6.45, 7) is 2.53. The van der Waals surface area contributed by atoms with Crippen molar-refractivity contribution in [3.8, 4) is 0 Å². The van der Waals surface area contributed by atoms with Crippen molar-refractivity contribution in [3.05, 3.63) is 34.4 Å². The fourth-order valence-corrected chi connectivity index (χ4v) is 2.30. The Morgan fingerprint density at radius 2 is 2.20 bits per heavy atom. The Morgan fingerprint density at radius 3 is 2.85 bits per heavy atom. The van der Waals surface area contributed by atoms with Gasteiger partial charge in [0.1, 0.15) is 12.3 Å². The third-order valence-corrected chi connectivity index (χ3v) is 3.27. The van der Waals surface area contributed by atoms with Gasteiger partial charge in [0, 0.05) is 12.6 Å². The summed E-state index contributed by atoms with van der Waals surface area (Å²) in [5.41, 5.74) is -0.247. The first-order valence-electron chi connectivity index (χ1n) is 6.70. The molecule has 1 unspecified atom stereocenters. The van der Waals surface area contributed by atoms with Gasteiger partial charge < -0.3 is 14.1 Å². The monoisotopic (exact) mass is 279 g/mol. The van der Waals surface area contributed by atoms with Crippen LogP contribution in [0, 0.1) is 0 Å². The molecule has 1 saturated heterocycles. The van der Waals surface area contributed by atoms with Gasteiger partial charge in [0.25, 0.3) is 5.91 Å². The number of hydrogen-bond acceptors (Lipinski definition) is 5. The van der Waals surface area contributed by atoms with E-state index in [2.05, 4.69) is 0 Å². The summed E-state index contributed by atoms with van der Waals surface area (Å²) in [7, 11) is 0. The Labute approximate surface area is 116 Å². The summed E-state index contributed by atoms with van der Waals surface area (Å²) >= 11 is 0. The minimum Gasteiger partial charge on any atom is -0.464 e. The Bertz CT molecular complexity index is 530. The van der Waals surface area contributed by atoms with Crippen LogP contribution in [0.25, 0.3) is 0 Å². The zero-order chi connectivity index (χ0) is 14.5. The van der Waals surface area contributed by atoms with Gasteiger partial charge in [0.2, 0.25) is 0 Å². The normalized spacial score (nSPS) is 18.6. The highest BCUT2D eigenvalue weighted by Crippen LogP contribution is 2.20. The molecule has 6 nitrogen and oxygen atoms in total. The van der Waals surface area contributed by atoms with E-state index < -0.39 is 11.7 Å². The predicted molar refractivity (Wildman–Crippen MR) is 70.3 cm³/mol. The molecule has 20 heavy (non-hydrogen) atoms. The molecule has 1 aromatic heterocycles. The van der Waals surface area contributed by atoms with Crippen LogP contribution in [-0.2, 0) is 9.53 Å². The van der Waals surface area contributed by atoms with E-state index in [0.717, 1.165) is 19.1 Å². The predicted octanol–water partition coefficient (Wildman–Crippen LogP) is 1.20. The number of carbonyl (C=O) groups is 2. The first-order valence-corrected chi connectivity index (χ1v) is 6.70. The van der Waals surface area contributed by atoms with E-state index in [1.165, 1.54) is 17.0 Å². The highest BCUT2D eigenvalue weighted by atomic mass is 16.5. The number of esters is 1. The van der Waals surface area contributed by atoms with Gasteiger partial charge in [-0.3, -0.25) is 4.79 Å². The molecule has 2 rings (SSSR count). The number of nitrogens with zero attached hydrogens (tertiary/aromatic N) is 1. The minimum atomic E-state index is -0.553. The van der Waals surface area contributed by atoms with E-state index in [0.29, 0.717) is 13.0 Å². The van der Waals surface area contributed by atoms with Crippen molar-refractivity contribution in [2.75, 3.05) is 13.2 Å². The molecule has 0 spiro atoms. The maximum Gasteiger partial charge on any atom is 0.335 e. The lowest BCUT2D eigenvalue weighted by atomic mass is 10.0. The number of hydrogen-bond donors (Lipinski definition) is 0. The fraction of sp³-hybridized carbons (Fsp3) is 0.500. The highest BCUT2D eigenvalue weighted by molar-refractivity contribution is 5.96. The summed E-state index contributed by atoms with van der Waals surface area (Å²) < 4.78 is 9.70. The first kappa shape index (κ1) is 14.3. The van der Waals surface area contributed by atoms with Crippen LogP contribution in [0.15, 0.2) is 27.6 Å². The number of amides is 1. The lowest BCUT2D eigenvalue weighted by Gasteiger charge is -2.33. The van der Waals surface area contributed by atoms with E-state index in [9.17, 15) is 14.4 Å². The molecule has 0 radical (unpaired) electrons. The number of ether oxygens (including phenoxy) is 1. The average Bonchev–Trinajstić information content (AvgIpc) is 2.47. The molecule has 0 N–H and O–H groups in total. The molecule has 1 aromatic rings. The van der Waals surface area contributed by atoms with Gasteiger partial charge in [-0.1, -0.05) is 0 Å². The van der Waals surface area contributed by atoms with Crippen molar-refractivity contribution in [2.24, 2.45) is 0 Å². The highest BCUT2D eigenvalue weighted by Gasteiger charge is 2.33. The molecule has 0 aliphatic carbocycles. The molecule has 1 aliphatic heterocycles. The van der Waals surface area contributed by atoms with Gasteiger partial charge in [-0.05, 0) is 32.3 Å². The van der Waals surface area contributed by atoms with Crippen molar-refractivity contribution >= 4 is 11.9 Å². The third kappa shape index (κ3) is 3.07. The zero-order valence-corrected chi connectivity index (χ0v) is 11.3. The molecule has 1 fully saturated rings. The van der Waals surface area contributed by atoms with E-state index in [1.54, 1.807) is 6.92 Å². The van der Waals surface area contributed by atoms with Crippen LogP contribution in [0.3, 0.4) is 0 Å². The SMILES string of the molecule is CCOC(=O)C1CCCCN1C(=O)c1ccc(=O)oc1. The molecule has 0 bridgehead atoms. The topological polar surface area (TPSA) is 76.8 Å². The Kier molecular flexibility index (Phi) is 4.55. The molecule has 0 aromatic carbocycles. The fourth-order valence-electron chi connectivity index (χ4n) is 2.30. The lowest BCUT2D eigenvalue weighted by molar-refractivity contribution is -0.149. The van der Waals surface area contributed by atoms with Crippen LogP contribution in [0.4, 0.5) is 0 Å². The smallest absolute Gasteiger partial charge is 0.335 e. The van der Waals surface area contributed by atoms with Crippen LogP contribution in [0.2, 0.25) is 0 Å². The van der Waals surface area contributed by atoms with Crippen molar-refractivity contribution in [2.45, 2.75) is 32.2 Å². The molecule has 1 amide bonds. The van der Waals surface area contributed by atoms with Crippen LogP contribution in [-0.4, -0.2) is 36.0 Å². The molecule has 2 heterocycles. The second-order valence-corrected chi connectivity index (χ2v) is 4.61. The molecule has 108 valence electrons. The summed E-state index contributed by atoms with van der Waals surface area (Å²) in [5, 5.41) is 0. The van der Waals surface area contributed by atoms with E-state index in [-0.39, 0.29) is 24.0 Å². The Morgan fingerprint density at radius 1 is 1.40 bits per heavy atom. The van der Waals surface area contributed by atoms with E-state index in [4.69, 9.17) is 9.15 Å². The van der Waals surface area contributed by atoms with Crippen molar-refractivity contribution in [1.82, 2.24) is 4.90 Å². The Balaban J connectivity index is 2.18. The standard InChI is InChI=1S/C14H17NO5/c1-2-19-14(18)11-5-3-4-8-15(11)13(17)10-6-7-12(16)20-9-10/h6-7,9,11H,2-5,8H2,1H3. The summed E-state index contributed by atoms with van der Waals surface area (Å²) in [5.74, 6) is -0.690. The van der Waals surface area contributed by atoms with Crippen LogP contribution in [0.1, 0.15) is 36.5 Å². The quantitative estimate of drug-likeness (QED) is 0.777. The van der Waals surface area contributed by atoms with Gasteiger partial charge in [0.05, 0.1) is 12.2 Å². The average molecular weight is 279 g/mol. The number of piperidine rings is 1. The second kappa shape index (κ2) is 6.36. The number of carbonyl (C=O) groups excluding carboxylic acids is 2. The van der Waals surface area contributed by atoms with Gasteiger partial charge in [-0.25, -0.2) is 9.59 Å². The number of rotatable bonds is 3.